The third-order valence-electron chi connectivity index (χ3n) is 5.93. The number of amides is 1. The van der Waals surface area contributed by atoms with Crippen LogP contribution in [0.4, 0.5) is 0 Å². The van der Waals surface area contributed by atoms with Crippen LogP contribution in [0.5, 0.6) is 0 Å². The molecule has 0 N–H and O–H groups in total. The van der Waals surface area contributed by atoms with E-state index < -0.39 is 14.1 Å². The van der Waals surface area contributed by atoms with Gasteiger partial charge in [-0.2, -0.15) is 0 Å². The Hall–Kier alpha value is -0.720. The van der Waals surface area contributed by atoms with Crippen LogP contribution >= 0.6 is 7.82 Å². The molecule has 33 heavy (non-hydrogen) atoms. The molecule has 0 bridgehead atoms. The van der Waals surface area contributed by atoms with Crippen LogP contribution < -0.4 is 4.89 Å². The molecule has 1 unspecified atom stereocenters. The van der Waals surface area contributed by atoms with Gasteiger partial charge in [0, 0.05) is 13.0 Å². The molecule has 1 amide bonds. The third kappa shape index (κ3) is 15.7. The topological polar surface area (TPSA) is 78.9 Å². The van der Waals surface area contributed by atoms with Gasteiger partial charge in [-0.25, -0.2) is 0 Å². The third-order valence-corrected chi connectivity index (χ3v) is 6.93. The Morgan fingerprint density at radius 3 is 2.27 bits per heavy atom. The van der Waals surface area contributed by atoms with E-state index >= 15 is 0 Å². The summed E-state index contributed by atoms with van der Waals surface area (Å²) in [5.41, 5.74) is 0. The molecule has 1 saturated heterocycles. The summed E-state index contributed by atoms with van der Waals surface area (Å²) in [7, 11) is 1.47. The fourth-order valence-corrected chi connectivity index (χ4v) is 4.76. The summed E-state index contributed by atoms with van der Waals surface area (Å²) < 4.78 is 23.0. The molecule has 8 heteroatoms. The minimum absolute atomic E-state index is 0.0186. The molecule has 0 aromatic rings. The summed E-state index contributed by atoms with van der Waals surface area (Å²) in [5.74, 6) is -0.0186. The number of likely N-dealkylation sites (N-methyl/N-ethyl adjacent to an activating group) is 1. The molecule has 1 heterocycles. The summed E-state index contributed by atoms with van der Waals surface area (Å²) in [6.45, 7) is 3.41. The Morgan fingerprint density at radius 2 is 1.64 bits per heavy atom. The molecule has 1 rings (SSSR count). The predicted octanol–water partition coefficient (Wildman–Crippen LogP) is 5.40. The van der Waals surface area contributed by atoms with Crippen molar-refractivity contribution in [1.82, 2.24) is 4.90 Å². The molecule has 1 aliphatic heterocycles. The van der Waals surface area contributed by atoms with Gasteiger partial charge in [0.15, 0.2) is 0 Å². The number of carbonyl (C=O) groups is 1. The number of hydrogen-bond acceptors (Lipinski definition) is 5. The van der Waals surface area contributed by atoms with Gasteiger partial charge < -0.3 is 18.8 Å². The second-order valence-corrected chi connectivity index (χ2v) is 11.6. The van der Waals surface area contributed by atoms with E-state index in [0.29, 0.717) is 30.4 Å². The van der Waals surface area contributed by atoms with E-state index in [1.54, 1.807) is 4.90 Å². The predicted molar refractivity (Wildman–Crippen MR) is 132 cm³/mol. The highest BCUT2D eigenvalue weighted by molar-refractivity contribution is 7.45. The van der Waals surface area contributed by atoms with Crippen LogP contribution in [0, 0.1) is 0 Å². The molecule has 0 spiro atoms. The average molecular weight is 489 g/mol. The Balaban J connectivity index is 2.15. The normalized spacial score (nSPS) is 18.8. The van der Waals surface area contributed by atoms with Crippen LogP contribution in [0.2, 0.25) is 0 Å². The van der Waals surface area contributed by atoms with Gasteiger partial charge in [0.05, 0.1) is 21.1 Å². The SMILES string of the molecule is CCCCCC/C=C\CCCCCCCC(=O)N1CCC[C@H]1OP(=O)([O-])OCC[N+](C)(C)C. The van der Waals surface area contributed by atoms with Crippen LogP contribution in [-0.4, -0.2) is 62.4 Å². The molecule has 0 aliphatic carbocycles. The van der Waals surface area contributed by atoms with Crippen LogP contribution in [0.1, 0.15) is 96.8 Å². The summed E-state index contributed by atoms with van der Waals surface area (Å²) in [4.78, 5) is 26.3. The van der Waals surface area contributed by atoms with Gasteiger partial charge in [-0.3, -0.25) is 13.9 Å². The van der Waals surface area contributed by atoms with Crippen molar-refractivity contribution in [3.8, 4) is 0 Å². The molecule has 2 atom stereocenters. The molecule has 194 valence electrons. The highest BCUT2D eigenvalue weighted by atomic mass is 31.2. The maximum atomic E-state index is 12.6. The van der Waals surface area contributed by atoms with Crippen molar-refractivity contribution in [2.45, 2.75) is 103 Å². The highest BCUT2D eigenvalue weighted by Crippen LogP contribution is 2.42. The number of unbranched alkanes of at least 4 members (excludes halogenated alkanes) is 9. The van der Waals surface area contributed by atoms with E-state index in [2.05, 4.69) is 19.1 Å². The van der Waals surface area contributed by atoms with Gasteiger partial charge >= 0.3 is 0 Å². The first kappa shape index (κ1) is 30.3. The molecule has 1 aliphatic rings. The molecular formula is C25H49N2O5P. The Labute approximate surface area is 202 Å². The van der Waals surface area contributed by atoms with Gasteiger partial charge in [0.2, 0.25) is 5.91 Å². The lowest BCUT2D eigenvalue weighted by Gasteiger charge is -2.32. The Bertz CT molecular complexity index is 606. The molecule has 0 aromatic heterocycles. The summed E-state index contributed by atoms with van der Waals surface area (Å²) >= 11 is 0. The highest BCUT2D eigenvalue weighted by Gasteiger charge is 2.32. The van der Waals surface area contributed by atoms with Gasteiger partial charge in [-0.1, -0.05) is 57.6 Å². The number of likely N-dealkylation sites (tertiary alicyclic amines) is 1. The lowest BCUT2D eigenvalue weighted by atomic mass is 10.1. The van der Waals surface area contributed by atoms with Crippen molar-refractivity contribution < 1.29 is 27.8 Å². The lowest BCUT2D eigenvalue weighted by Crippen LogP contribution is -2.39. The van der Waals surface area contributed by atoms with Crippen molar-refractivity contribution in [3.63, 3.8) is 0 Å². The summed E-state index contributed by atoms with van der Waals surface area (Å²) in [6, 6.07) is 0. The monoisotopic (exact) mass is 488 g/mol. The van der Waals surface area contributed by atoms with Gasteiger partial charge in [-0.05, 0) is 44.9 Å². The van der Waals surface area contributed by atoms with Crippen LogP contribution in [0.3, 0.4) is 0 Å². The van der Waals surface area contributed by atoms with Crippen molar-refractivity contribution >= 4 is 13.7 Å². The molecule has 1 fully saturated rings. The molecule has 0 saturated carbocycles. The first-order valence-electron chi connectivity index (χ1n) is 13.0. The first-order valence-corrected chi connectivity index (χ1v) is 14.5. The van der Waals surface area contributed by atoms with E-state index in [4.69, 9.17) is 9.05 Å². The number of carbonyl (C=O) groups excluding carboxylic acids is 1. The quantitative estimate of drug-likeness (QED) is 0.105. The van der Waals surface area contributed by atoms with Crippen LogP contribution in [-0.2, 0) is 18.4 Å². The zero-order valence-corrected chi connectivity index (χ0v) is 22.5. The van der Waals surface area contributed by atoms with E-state index in [1.807, 2.05) is 21.1 Å². The smallest absolute Gasteiger partial charge is 0.270 e. The molecule has 7 nitrogen and oxygen atoms in total. The maximum absolute atomic E-state index is 12.6. The van der Waals surface area contributed by atoms with Crippen LogP contribution in [0.25, 0.3) is 0 Å². The van der Waals surface area contributed by atoms with E-state index in [9.17, 15) is 14.3 Å². The number of hydrogen-bond donors (Lipinski definition) is 0. The fourth-order valence-electron chi connectivity index (χ4n) is 3.87. The average Bonchev–Trinajstić information content (AvgIpc) is 3.17. The van der Waals surface area contributed by atoms with E-state index in [-0.39, 0.29) is 12.5 Å². The molecular weight excluding hydrogens is 439 g/mol. The maximum Gasteiger partial charge on any atom is 0.270 e. The first-order chi connectivity index (χ1) is 15.6. The van der Waals surface area contributed by atoms with Crippen molar-refractivity contribution in [2.75, 3.05) is 40.8 Å². The largest absolute Gasteiger partial charge is 0.756 e. The molecule has 0 aromatic carbocycles. The van der Waals surface area contributed by atoms with Crippen molar-refractivity contribution in [1.29, 1.82) is 0 Å². The number of phosphoric ester groups is 1. The zero-order chi connectivity index (χ0) is 24.6. The number of rotatable bonds is 19. The molecule has 0 radical (unpaired) electrons. The number of quaternary nitrogens is 1. The minimum Gasteiger partial charge on any atom is -0.756 e. The number of phosphoric acid groups is 1. The van der Waals surface area contributed by atoms with Crippen molar-refractivity contribution in [3.05, 3.63) is 12.2 Å². The van der Waals surface area contributed by atoms with Gasteiger partial charge in [-0.15, -0.1) is 0 Å². The fraction of sp³-hybridized carbons (Fsp3) is 0.880. The van der Waals surface area contributed by atoms with E-state index in [1.165, 1.54) is 44.9 Å². The minimum atomic E-state index is -4.42. The van der Waals surface area contributed by atoms with Crippen molar-refractivity contribution in [2.24, 2.45) is 0 Å². The number of allylic oxidation sites excluding steroid dienone is 2. The summed E-state index contributed by atoms with van der Waals surface area (Å²) in [6.07, 6.45) is 18.6. The second-order valence-electron chi connectivity index (χ2n) is 10.2. The number of nitrogens with zero attached hydrogens (tertiary/aromatic N) is 2. The van der Waals surface area contributed by atoms with E-state index in [0.717, 1.165) is 32.1 Å². The zero-order valence-electron chi connectivity index (χ0n) is 21.6. The standard InChI is InChI=1S/C25H49N2O5P/c1-5-6-7-8-9-10-11-12-13-14-15-16-17-19-24(28)26-21-18-20-25(26)32-33(29,30)31-23-22-27(2,3)4/h10-11,25H,5-9,12-23H2,1-4H3/b11-10-/t25-/m1/s1. The second kappa shape index (κ2) is 16.8. The van der Waals surface area contributed by atoms with Gasteiger partial charge in [0.1, 0.15) is 19.4 Å². The lowest BCUT2D eigenvalue weighted by molar-refractivity contribution is -0.870. The summed E-state index contributed by atoms with van der Waals surface area (Å²) in [5, 5.41) is 0. The Morgan fingerprint density at radius 1 is 1.03 bits per heavy atom. The van der Waals surface area contributed by atoms with Crippen LogP contribution in [0.15, 0.2) is 12.2 Å². The van der Waals surface area contributed by atoms with Gasteiger partial charge in [0.25, 0.3) is 7.82 Å². The Kier molecular flexibility index (Phi) is 15.5.